The van der Waals surface area contributed by atoms with Crippen molar-refractivity contribution in [1.82, 2.24) is 0 Å². The second-order valence-electron chi connectivity index (χ2n) is 5.96. The Bertz CT molecular complexity index is 260. The monoisotopic (exact) mass is 210 g/mol. The van der Waals surface area contributed by atoms with Crippen LogP contribution in [-0.4, -0.2) is 11.6 Å². The minimum absolute atomic E-state index is 0.00699. The van der Waals surface area contributed by atoms with Crippen LogP contribution < -0.4 is 0 Å². The van der Waals surface area contributed by atoms with E-state index in [1.165, 1.54) is 12.8 Å². The van der Waals surface area contributed by atoms with Gasteiger partial charge in [0.1, 0.15) is 5.60 Å². The molecule has 0 heterocycles. The lowest BCUT2D eigenvalue weighted by molar-refractivity contribution is -0.169. The number of carbonyl (C=O) groups excluding carboxylic acids is 1. The highest BCUT2D eigenvalue weighted by molar-refractivity contribution is 5.76. The van der Waals surface area contributed by atoms with Gasteiger partial charge in [-0.3, -0.25) is 4.79 Å². The van der Waals surface area contributed by atoms with Gasteiger partial charge in [0.2, 0.25) is 0 Å². The van der Waals surface area contributed by atoms with Gasteiger partial charge < -0.3 is 4.74 Å². The molecule has 2 aliphatic carbocycles. The van der Waals surface area contributed by atoms with Crippen LogP contribution in [-0.2, 0) is 9.53 Å². The predicted octanol–water partition coefficient (Wildman–Crippen LogP) is 3.30. The Morgan fingerprint density at radius 1 is 1.40 bits per heavy atom. The molecular formula is C13H22O2. The van der Waals surface area contributed by atoms with E-state index in [-0.39, 0.29) is 17.0 Å². The van der Waals surface area contributed by atoms with Crippen LogP contribution in [0, 0.1) is 11.3 Å². The first kappa shape index (κ1) is 11.0. The van der Waals surface area contributed by atoms with Crippen LogP contribution in [0.1, 0.15) is 59.3 Å². The van der Waals surface area contributed by atoms with E-state index in [9.17, 15) is 4.79 Å². The van der Waals surface area contributed by atoms with Gasteiger partial charge in [-0.05, 0) is 58.3 Å². The van der Waals surface area contributed by atoms with Crippen molar-refractivity contribution in [3.05, 3.63) is 0 Å². The first-order valence-corrected chi connectivity index (χ1v) is 6.21. The number of hydrogen-bond acceptors (Lipinski definition) is 2. The highest BCUT2D eigenvalue weighted by Crippen LogP contribution is 2.50. The maximum absolute atomic E-state index is 12.0. The summed E-state index contributed by atoms with van der Waals surface area (Å²) in [6, 6.07) is 0. The smallest absolute Gasteiger partial charge is 0.312 e. The number of hydrogen-bond donors (Lipinski definition) is 0. The van der Waals surface area contributed by atoms with Crippen molar-refractivity contribution in [1.29, 1.82) is 0 Å². The largest absolute Gasteiger partial charge is 0.459 e. The number of rotatable bonds is 3. The lowest BCUT2D eigenvalue weighted by Crippen LogP contribution is -2.36. The van der Waals surface area contributed by atoms with E-state index in [1.54, 1.807) is 0 Å². The number of fused-ring (bicyclic) bond motifs is 2. The molecule has 0 aromatic carbocycles. The van der Waals surface area contributed by atoms with Crippen LogP contribution >= 0.6 is 0 Å². The summed E-state index contributed by atoms with van der Waals surface area (Å²) in [7, 11) is 0. The molecule has 15 heavy (non-hydrogen) atoms. The quantitative estimate of drug-likeness (QED) is 0.668. The Balaban J connectivity index is 2.00. The number of carbonyl (C=O) groups is 1. The zero-order valence-electron chi connectivity index (χ0n) is 10.1. The Kier molecular flexibility index (Phi) is 2.56. The van der Waals surface area contributed by atoms with Crippen molar-refractivity contribution in [3.63, 3.8) is 0 Å². The van der Waals surface area contributed by atoms with Crippen LogP contribution in [0.3, 0.4) is 0 Å². The van der Waals surface area contributed by atoms with Gasteiger partial charge in [0.25, 0.3) is 0 Å². The summed E-state index contributed by atoms with van der Waals surface area (Å²) in [5, 5.41) is 0. The maximum Gasteiger partial charge on any atom is 0.312 e. The standard InChI is InChI=1S/C13H22O2/c1-4-12(2,3)11(14)15-13-7-5-10(9-13)6-8-13/h10H,4-9H2,1-3H3. The molecule has 2 aliphatic rings. The maximum atomic E-state index is 12.0. The van der Waals surface area contributed by atoms with Gasteiger partial charge in [-0.1, -0.05) is 6.92 Å². The second kappa shape index (κ2) is 3.50. The lowest BCUT2D eigenvalue weighted by atomic mass is 9.89. The Labute approximate surface area is 92.4 Å². The van der Waals surface area contributed by atoms with Gasteiger partial charge in [-0.25, -0.2) is 0 Å². The topological polar surface area (TPSA) is 26.3 Å². The average molecular weight is 210 g/mol. The van der Waals surface area contributed by atoms with Crippen molar-refractivity contribution in [3.8, 4) is 0 Å². The molecule has 0 amide bonds. The van der Waals surface area contributed by atoms with Gasteiger partial charge in [0, 0.05) is 0 Å². The molecule has 2 bridgehead atoms. The highest BCUT2D eigenvalue weighted by atomic mass is 16.6. The van der Waals surface area contributed by atoms with Gasteiger partial charge in [-0.2, -0.15) is 0 Å². The minimum atomic E-state index is -0.310. The van der Waals surface area contributed by atoms with E-state index in [0.29, 0.717) is 0 Å². The molecule has 0 N–H and O–H groups in total. The van der Waals surface area contributed by atoms with Gasteiger partial charge >= 0.3 is 5.97 Å². The summed E-state index contributed by atoms with van der Waals surface area (Å²) in [4.78, 5) is 12.0. The molecular weight excluding hydrogens is 188 g/mol. The molecule has 0 radical (unpaired) electrons. The van der Waals surface area contributed by atoms with Crippen LogP contribution in [0.4, 0.5) is 0 Å². The van der Waals surface area contributed by atoms with Gasteiger partial charge in [-0.15, -0.1) is 0 Å². The van der Waals surface area contributed by atoms with Crippen LogP contribution in [0.15, 0.2) is 0 Å². The first-order valence-electron chi connectivity index (χ1n) is 6.21. The van der Waals surface area contributed by atoms with E-state index >= 15 is 0 Å². The molecule has 2 heteroatoms. The highest BCUT2D eigenvalue weighted by Gasteiger charge is 2.49. The van der Waals surface area contributed by atoms with Crippen molar-refractivity contribution < 1.29 is 9.53 Å². The second-order valence-corrected chi connectivity index (χ2v) is 5.96. The summed E-state index contributed by atoms with van der Waals surface area (Å²) < 4.78 is 5.81. The molecule has 0 unspecified atom stereocenters. The van der Waals surface area contributed by atoms with Crippen LogP contribution in [0.2, 0.25) is 0 Å². The third-order valence-corrected chi connectivity index (χ3v) is 4.42. The van der Waals surface area contributed by atoms with Gasteiger partial charge in [0.15, 0.2) is 0 Å². The van der Waals surface area contributed by atoms with E-state index in [0.717, 1.165) is 31.6 Å². The average Bonchev–Trinajstić information content (AvgIpc) is 2.77. The lowest BCUT2D eigenvalue weighted by Gasteiger charge is -2.31. The van der Waals surface area contributed by atoms with E-state index in [1.807, 2.05) is 20.8 Å². The number of esters is 1. The summed E-state index contributed by atoms with van der Waals surface area (Å²) in [6.45, 7) is 6.01. The van der Waals surface area contributed by atoms with Crippen molar-refractivity contribution in [2.45, 2.75) is 64.9 Å². The third kappa shape index (κ3) is 1.91. The molecule has 2 fully saturated rings. The van der Waals surface area contributed by atoms with Gasteiger partial charge in [0.05, 0.1) is 5.41 Å². The first-order chi connectivity index (χ1) is 6.97. The Morgan fingerprint density at radius 2 is 2.00 bits per heavy atom. The summed E-state index contributed by atoms with van der Waals surface area (Å²) >= 11 is 0. The minimum Gasteiger partial charge on any atom is -0.459 e. The zero-order chi connectivity index (χ0) is 11.1. The van der Waals surface area contributed by atoms with Crippen molar-refractivity contribution in [2.24, 2.45) is 11.3 Å². The fourth-order valence-corrected chi connectivity index (χ4v) is 2.76. The third-order valence-electron chi connectivity index (χ3n) is 4.42. The van der Waals surface area contributed by atoms with Crippen molar-refractivity contribution >= 4 is 5.97 Å². The van der Waals surface area contributed by atoms with E-state index < -0.39 is 0 Å². The molecule has 2 saturated carbocycles. The summed E-state index contributed by atoms with van der Waals surface area (Å²) in [6.07, 6.45) is 6.70. The molecule has 86 valence electrons. The number of ether oxygens (including phenoxy) is 1. The van der Waals surface area contributed by atoms with Crippen LogP contribution in [0.25, 0.3) is 0 Å². The molecule has 2 rings (SSSR count). The SMILES string of the molecule is CCC(C)(C)C(=O)OC12CCC(CC1)C2. The molecule has 0 atom stereocenters. The predicted molar refractivity (Wildman–Crippen MR) is 59.5 cm³/mol. The molecule has 0 aromatic rings. The normalized spacial score (nSPS) is 34.5. The molecule has 0 aromatic heterocycles. The fraction of sp³-hybridized carbons (Fsp3) is 0.923. The van der Waals surface area contributed by atoms with E-state index in [4.69, 9.17) is 4.74 Å². The van der Waals surface area contributed by atoms with Crippen molar-refractivity contribution in [2.75, 3.05) is 0 Å². The van der Waals surface area contributed by atoms with E-state index in [2.05, 4.69) is 0 Å². The summed E-state index contributed by atoms with van der Waals surface area (Å²) in [5.74, 6) is 0.843. The van der Waals surface area contributed by atoms with Crippen LogP contribution in [0.5, 0.6) is 0 Å². The summed E-state index contributed by atoms with van der Waals surface area (Å²) in [5.41, 5.74) is -0.371. The Morgan fingerprint density at radius 3 is 2.40 bits per heavy atom. The Hall–Kier alpha value is -0.530. The molecule has 2 nitrogen and oxygen atoms in total. The molecule has 0 aliphatic heterocycles. The fourth-order valence-electron chi connectivity index (χ4n) is 2.76. The molecule has 0 spiro atoms. The zero-order valence-corrected chi connectivity index (χ0v) is 10.1. The molecule has 0 saturated heterocycles.